The van der Waals surface area contributed by atoms with Crippen LogP contribution in [0.25, 0.3) is 0 Å². The molecule has 0 amide bonds. The van der Waals surface area contributed by atoms with Crippen molar-refractivity contribution in [3.8, 4) is 0 Å². The molecule has 0 bridgehead atoms. The van der Waals surface area contributed by atoms with Crippen LogP contribution in [0.1, 0.15) is 16.2 Å². The summed E-state index contributed by atoms with van der Waals surface area (Å²) < 4.78 is 5.91. The van der Waals surface area contributed by atoms with E-state index in [2.05, 4.69) is 15.0 Å². The van der Waals surface area contributed by atoms with E-state index in [0.29, 0.717) is 18.7 Å². The van der Waals surface area contributed by atoms with E-state index in [1.807, 2.05) is 0 Å². The van der Waals surface area contributed by atoms with Gasteiger partial charge in [-0.3, -0.25) is 0 Å². The minimum Gasteiger partial charge on any atom is -0.464 e. The van der Waals surface area contributed by atoms with Crippen LogP contribution in [0.15, 0.2) is 0 Å². The van der Waals surface area contributed by atoms with Gasteiger partial charge in [0.05, 0.1) is 32.1 Å². The zero-order chi connectivity index (χ0) is 12.8. The average Bonchev–Trinajstić information content (AvgIpc) is 2.72. The summed E-state index contributed by atoms with van der Waals surface area (Å²) in [4.78, 5) is 11.4. The Bertz CT molecular complexity index is 379. The number of ether oxygens (including phenoxy) is 1. The van der Waals surface area contributed by atoms with E-state index in [-0.39, 0.29) is 12.2 Å². The van der Waals surface area contributed by atoms with Crippen molar-refractivity contribution < 1.29 is 19.7 Å². The number of esters is 1. The minimum atomic E-state index is -0.960. The van der Waals surface area contributed by atoms with Crippen molar-refractivity contribution in [1.82, 2.24) is 15.0 Å². The lowest BCUT2D eigenvalue weighted by Crippen LogP contribution is -2.23. The van der Waals surface area contributed by atoms with E-state index in [4.69, 9.17) is 10.8 Å². The summed E-state index contributed by atoms with van der Waals surface area (Å²) in [6.45, 7) is -0.0299. The fraction of sp³-hybridized carbons (Fsp3) is 0.667. The molecular formula is C9H16N4O4. The Balaban J connectivity index is 2.97. The third kappa shape index (κ3) is 3.22. The first-order chi connectivity index (χ1) is 8.13. The SMILES string of the molecule is COC(=O)c1nnn(CC(O)CO)c1CCN. The topological polar surface area (TPSA) is 123 Å². The van der Waals surface area contributed by atoms with Gasteiger partial charge in [-0.05, 0) is 6.54 Å². The summed E-state index contributed by atoms with van der Waals surface area (Å²) in [5, 5.41) is 25.5. The summed E-state index contributed by atoms with van der Waals surface area (Å²) in [7, 11) is 1.25. The standard InChI is InChI=1S/C9H16N4O4/c1-17-9(16)8-7(2-3-10)13(12-11-8)4-6(15)5-14/h6,14-15H,2-5,10H2,1H3. The molecule has 0 saturated carbocycles. The molecule has 1 aromatic heterocycles. The molecule has 0 aliphatic rings. The second-order valence-electron chi connectivity index (χ2n) is 3.43. The summed E-state index contributed by atoms with van der Waals surface area (Å²) in [6.07, 6.45) is -0.575. The van der Waals surface area contributed by atoms with Crippen molar-refractivity contribution >= 4 is 5.97 Å². The lowest BCUT2D eigenvalue weighted by Gasteiger charge is -2.09. The predicted octanol–water partition coefficient (Wildman–Crippen LogP) is -2.08. The van der Waals surface area contributed by atoms with Crippen molar-refractivity contribution in [3.05, 3.63) is 11.4 Å². The highest BCUT2D eigenvalue weighted by Gasteiger charge is 2.20. The lowest BCUT2D eigenvalue weighted by atomic mass is 10.2. The third-order valence-corrected chi connectivity index (χ3v) is 2.19. The Kier molecular flexibility index (Phi) is 5.01. The van der Waals surface area contributed by atoms with Crippen LogP contribution >= 0.6 is 0 Å². The third-order valence-electron chi connectivity index (χ3n) is 2.19. The Morgan fingerprint density at radius 1 is 1.65 bits per heavy atom. The number of hydrogen-bond acceptors (Lipinski definition) is 7. The van der Waals surface area contributed by atoms with Crippen LogP contribution in [0.3, 0.4) is 0 Å². The molecule has 1 heterocycles. The second kappa shape index (κ2) is 6.28. The molecule has 17 heavy (non-hydrogen) atoms. The van der Waals surface area contributed by atoms with Crippen LogP contribution in [-0.2, 0) is 17.7 Å². The number of nitrogens with two attached hydrogens (primary N) is 1. The van der Waals surface area contributed by atoms with Crippen molar-refractivity contribution in [3.63, 3.8) is 0 Å². The molecule has 1 rings (SSSR count). The van der Waals surface area contributed by atoms with Crippen LogP contribution in [0.5, 0.6) is 0 Å². The first-order valence-corrected chi connectivity index (χ1v) is 5.13. The number of aromatic nitrogens is 3. The van der Waals surface area contributed by atoms with Gasteiger partial charge in [0.15, 0.2) is 5.69 Å². The molecule has 0 spiro atoms. The van der Waals surface area contributed by atoms with Crippen LogP contribution in [0, 0.1) is 0 Å². The highest BCUT2D eigenvalue weighted by Crippen LogP contribution is 2.08. The maximum Gasteiger partial charge on any atom is 0.360 e. The normalized spacial score (nSPS) is 12.5. The second-order valence-corrected chi connectivity index (χ2v) is 3.43. The smallest absolute Gasteiger partial charge is 0.360 e. The molecular weight excluding hydrogens is 228 g/mol. The summed E-state index contributed by atoms with van der Waals surface area (Å²) in [5.41, 5.74) is 6.01. The molecule has 1 aromatic rings. The Morgan fingerprint density at radius 3 is 2.88 bits per heavy atom. The van der Waals surface area contributed by atoms with Gasteiger partial charge in [-0.1, -0.05) is 5.21 Å². The Morgan fingerprint density at radius 2 is 2.35 bits per heavy atom. The quantitative estimate of drug-likeness (QED) is 0.490. The summed E-state index contributed by atoms with van der Waals surface area (Å²) >= 11 is 0. The minimum absolute atomic E-state index is 0.0514. The molecule has 0 aromatic carbocycles. The zero-order valence-corrected chi connectivity index (χ0v) is 9.54. The predicted molar refractivity (Wildman–Crippen MR) is 57.2 cm³/mol. The molecule has 1 unspecified atom stereocenters. The van der Waals surface area contributed by atoms with Crippen molar-refractivity contribution in [1.29, 1.82) is 0 Å². The number of carbonyl (C=O) groups is 1. The number of carbonyl (C=O) groups excluding carboxylic acids is 1. The van der Waals surface area contributed by atoms with Crippen LogP contribution in [0.2, 0.25) is 0 Å². The Labute approximate surface area is 98.0 Å². The number of methoxy groups -OCH3 is 1. The molecule has 0 aliphatic heterocycles. The van der Waals surface area contributed by atoms with Gasteiger partial charge in [0.25, 0.3) is 0 Å². The molecule has 8 nitrogen and oxygen atoms in total. The first-order valence-electron chi connectivity index (χ1n) is 5.13. The van der Waals surface area contributed by atoms with E-state index in [1.54, 1.807) is 0 Å². The maximum absolute atomic E-state index is 11.4. The molecule has 4 N–H and O–H groups in total. The first kappa shape index (κ1) is 13.6. The molecule has 1 atom stereocenters. The van der Waals surface area contributed by atoms with Gasteiger partial charge in [0.2, 0.25) is 0 Å². The molecule has 0 aliphatic carbocycles. The van der Waals surface area contributed by atoms with Gasteiger partial charge >= 0.3 is 5.97 Å². The number of hydrogen-bond donors (Lipinski definition) is 3. The fourth-order valence-electron chi connectivity index (χ4n) is 1.38. The average molecular weight is 244 g/mol. The van der Waals surface area contributed by atoms with Gasteiger partial charge in [-0.15, -0.1) is 5.10 Å². The van der Waals surface area contributed by atoms with E-state index in [0.717, 1.165) is 0 Å². The number of rotatable bonds is 6. The molecule has 0 radical (unpaired) electrons. The maximum atomic E-state index is 11.4. The molecule has 8 heteroatoms. The van der Waals surface area contributed by atoms with Crippen LogP contribution in [-0.4, -0.2) is 57.5 Å². The molecule has 96 valence electrons. The largest absolute Gasteiger partial charge is 0.464 e. The van der Waals surface area contributed by atoms with Crippen molar-refractivity contribution in [2.45, 2.75) is 19.1 Å². The van der Waals surface area contributed by atoms with E-state index >= 15 is 0 Å². The van der Waals surface area contributed by atoms with E-state index < -0.39 is 18.7 Å². The summed E-state index contributed by atoms with van der Waals surface area (Å²) in [5.74, 6) is -0.599. The number of nitrogens with zero attached hydrogens (tertiary/aromatic N) is 3. The zero-order valence-electron chi connectivity index (χ0n) is 9.54. The number of aliphatic hydroxyl groups is 2. The monoisotopic (exact) mass is 244 g/mol. The molecule has 0 saturated heterocycles. The van der Waals surface area contributed by atoms with Crippen molar-refractivity contribution in [2.24, 2.45) is 5.73 Å². The van der Waals surface area contributed by atoms with Crippen LogP contribution < -0.4 is 5.73 Å². The summed E-state index contributed by atoms with van der Waals surface area (Å²) in [6, 6.07) is 0. The van der Waals surface area contributed by atoms with Gasteiger partial charge in [0.1, 0.15) is 0 Å². The van der Waals surface area contributed by atoms with Gasteiger partial charge < -0.3 is 20.7 Å². The van der Waals surface area contributed by atoms with Crippen LogP contribution in [0.4, 0.5) is 0 Å². The highest BCUT2D eigenvalue weighted by atomic mass is 16.5. The fourth-order valence-corrected chi connectivity index (χ4v) is 1.38. The lowest BCUT2D eigenvalue weighted by molar-refractivity contribution is 0.0591. The highest BCUT2D eigenvalue weighted by molar-refractivity contribution is 5.88. The number of aliphatic hydroxyl groups excluding tert-OH is 2. The van der Waals surface area contributed by atoms with Gasteiger partial charge in [0, 0.05) is 6.42 Å². The van der Waals surface area contributed by atoms with E-state index in [9.17, 15) is 9.90 Å². The van der Waals surface area contributed by atoms with E-state index in [1.165, 1.54) is 11.8 Å². The molecule has 0 fully saturated rings. The van der Waals surface area contributed by atoms with Gasteiger partial charge in [-0.25, -0.2) is 9.48 Å². The van der Waals surface area contributed by atoms with Gasteiger partial charge in [-0.2, -0.15) is 0 Å². The Hall–Kier alpha value is -1.51. The van der Waals surface area contributed by atoms with Crippen molar-refractivity contribution in [2.75, 3.05) is 20.3 Å².